The number of unbranched alkanes of at least 4 members (excludes halogenated alkanes) is 17. The number of phosphoric ester groups is 1. The lowest BCUT2D eigenvalue weighted by molar-refractivity contribution is -0.220. The van der Waals surface area contributed by atoms with Gasteiger partial charge >= 0.3 is 19.8 Å². The van der Waals surface area contributed by atoms with E-state index in [1.807, 2.05) is 0 Å². The van der Waals surface area contributed by atoms with Gasteiger partial charge in [-0.3, -0.25) is 18.6 Å². The van der Waals surface area contributed by atoms with Crippen molar-refractivity contribution in [2.45, 2.75) is 184 Å². The number of phosphoric acid groups is 1. The minimum atomic E-state index is -5.12. The summed E-state index contributed by atoms with van der Waals surface area (Å²) in [5.41, 5.74) is 0. The van der Waals surface area contributed by atoms with Gasteiger partial charge in [0.15, 0.2) is 6.10 Å². The highest BCUT2D eigenvalue weighted by molar-refractivity contribution is 7.47. The van der Waals surface area contributed by atoms with Crippen LogP contribution >= 0.6 is 7.82 Å². The summed E-state index contributed by atoms with van der Waals surface area (Å²) in [6.07, 6.45) is 7.00. The van der Waals surface area contributed by atoms with Crippen molar-refractivity contribution in [2.24, 2.45) is 0 Å². The van der Waals surface area contributed by atoms with E-state index in [1.54, 1.807) is 0 Å². The first kappa shape index (κ1) is 45.5. The van der Waals surface area contributed by atoms with Crippen LogP contribution < -0.4 is 0 Å². The van der Waals surface area contributed by atoms with E-state index < -0.39 is 75.7 Å². The van der Waals surface area contributed by atoms with Gasteiger partial charge in [-0.1, -0.05) is 103 Å². The fourth-order valence-electron chi connectivity index (χ4n) is 5.62. The van der Waals surface area contributed by atoms with E-state index in [0.29, 0.717) is 19.3 Å². The third-order valence-corrected chi connectivity index (χ3v) is 9.65. The number of ether oxygens (including phenoxy) is 2. The van der Waals surface area contributed by atoms with Crippen LogP contribution in [0.5, 0.6) is 0 Å². The zero-order valence-corrected chi connectivity index (χ0v) is 30.2. The number of carbonyl (C=O) groups excluding carboxylic acids is 3. The molecule has 8 atom stereocenters. The Kier molecular flexibility index (Phi) is 25.3. The van der Waals surface area contributed by atoms with E-state index in [1.165, 1.54) is 57.8 Å². The van der Waals surface area contributed by atoms with Crippen molar-refractivity contribution < 1.29 is 67.9 Å². The molecule has 0 aliphatic heterocycles. The smallest absolute Gasteiger partial charge is 0.462 e. The highest BCUT2D eigenvalue weighted by Crippen LogP contribution is 2.47. The molecule has 0 aromatic heterocycles. The summed E-state index contributed by atoms with van der Waals surface area (Å²) < 4.78 is 33.0. The van der Waals surface area contributed by atoms with E-state index in [9.17, 15) is 49.4 Å². The number of aldehydes is 1. The average Bonchev–Trinajstić information content (AvgIpc) is 3.07. The molecule has 1 aliphatic rings. The van der Waals surface area contributed by atoms with Gasteiger partial charge in [0.25, 0.3) is 0 Å². The van der Waals surface area contributed by atoms with Gasteiger partial charge in [0.1, 0.15) is 49.5 Å². The minimum absolute atomic E-state index is 0.0307. The van der Waals surface area contributed by atoms with Crippen LogP contribution in [-0.2, 0) is 37.5 Å². The van der Waals surface area contributed by atoms with Gasteiger partial charge in [-0.25, -0.2) is 4.57 Å². The Morgan fingerprint density at radius 3 is 1.55 bits per heavy atom. The predicted molar refractivity (Wildman–Crippen MR) is 180 cm³/mol. The summed E-state index contributed by atoms with van der Waals surface area (Å²) in [6, 6.07) is 0. The molecule has 1 rings (SSSR count). The van der Waals surface area contributed by atoms with Crippen LogP contribution in [0.15, 0.2) is 0 Å². The number of esters is 2. The van der Waals surface area contributed by atoms with Gasteiger partial charge in [-0.15, -0.1) is 0 Å². The van der Waals surface area contributed by atoms with Crippen LogP contribution in [0.1, 0.15) is 142 Å². The van der Waals surface area contributed by atoms with E-state index in [0.717, 1.165) is 51.2 Å². The number of aliphatic hydroxyl groups excluding tert-OH is 5. The molecule has 288 valence electrons. The second-order valence-corrected chi connectivity index (χ2v) is 14.5. The van der Waals surface area contributed by atoms with Gasteiger partial charge in [0.2, 0.25) is 0 Å². The predicted octanol–water partition coefficient (Wildman–Crippen LogP) is 4.17. The molecule has 0 bridgehead atoms. The zero-order valence-electron chi connectivity index (χ0n) is 29.3. The molecule has 15 heteroatoms. The molecule has 1 fully saturated rings. The fraction of sp³-hybridized carbons (Fsp3) is 0.912. The molecule has 6 unspecified atom stereocenters. The van der Waals surface area contributed by atoms with Crippen molar-refractivity contribution >= 4 is 26.0 Å². The maximum atomic E-state index is 12.7. The van der Waals surface area contributed by atoms with Crippen LogP contribution in [-0.4, -0.2) is 105 Å². The van der Waals surface area contributed by atoms with Crippen LogP contribution in [0.4, 0.5) is 0 Å². The van der Waals surface area contributed by atoms with E-state index in [2.05, 4.69) is 6.92 Å². The summed E-state index contributed by atoms with van der Waals surface area (Å²) in [5.74, 6) is -1.18. The summed E-state index contributed by atoms with van der Waals surface area (Å²) in [6.45, 7) is 0.993. The Morgan fingerprint density at radius 1 is 0.633 bits per heavy atom. The summed E-state index contributed by atoms with van der Waals surface area (Å²) in [5, 5.41) is 49.7. The molecule has 1 aliphatic carbocycles. The Hall–Kier alpha value is -1.48. The number of rotatable bonds is 30. The molecule has 0 spiro atoms. The maximum absolute atomic E-state index is 12.7. The second kappa shape index (κ2) is 27.2. The Labute approximate surface area is 291 Å². The number of carbonyl (C=O) groups is 3. The van der Waals surface area contributed by atoms with E-state index >= 15 is 0 Å². The van der Waals surface area contributed by atoms with Gasteiger partial charge < -0.3 is 44.7 Å². The first-order chi connectivity index (χ1) is 23.4. The third-order valence-electron chi connectivity index (χ3n) is 8.67. The first-order valence-electron chi connectivity index (χ1n) is 18.3. The molecular weight excluding hydrogens is 663 g/mol. The Morgan fingerprint density at radius 2 is 1.06 bits per heavy atom. The first-order valence-corrected chi connectivity index (χ1v) is 19.8. The van der Waals surface area contributed by atoms with Crippen molar-refractivity contribution in [2.75, 3.05) is 13.2 Å². The SMILES string of the molecule is CCCCCCCCCCCCCCCC(=O)OC[C@H](COP(=O)(O)OC1C(O)C(O)C(O)[C@@H](O)C1O)OC(=O)CCCCCCCC=O. The van der Waals surface area contributed by atoms with Crippen LogP contribution in [0.25, 0.3) is 0 Å². The van der Waals surface area contributed by atoms with Crippen LogP contribution in [0.3, 0.4) is 0 Å². The standard InChI is InChI=1S/C34H63O14P/c1-2-3-4-5-6-7-8-9-10-11-12-15-18-21-27(36)45-24-26(47-28(37)22-19-16-13-14-17-20-23-35)25-46-49(43,44)48-34-32(41)30(39)29(38)31(40)33(34)42/h23,26,29-34,38-42H,2-22,24-25H2,1H3,(H,43,44)/t26-,29?,30-,31?,32?,33?,34?/m1/s1. The molecule has 6 N–H and O–H groups in total. The number of hydrogen-bond acceptors (Lipinski definition) is 13. The molecule has 1 saturated carbocycles. The third kappa shape index (κ3) is 20.8. The molecule has 14 nitrogen and oxygen atoms in total. The lowest BCUT2D eigenvalue weighted by Gasteiger charge is -2.41. The topological polar surface area (TPSA) is 227 Å². The van der Waals surface area contributed by atoms with Gasteiger partial charge in [-0.2, -0.15) is 0 Å². The molecule has 0 saturated heterocycles. The maximum Gasteiger partial charge on any atom is 0.472 e. The van der Waals surface area contributed by atoms with E-state index in [-0.39, 0.29) is 12.8 Å². The highest BCUT2D eigenvalue weighted by Gasteiger charge is 2.51. The van der Waals surface area contributed by atoms with Gasteiger partial charge in [-0.05, 0) is 19.3 Å². The minimum Gasteiger partial charge on any atom is -0.462 e. The lowest BCUT2D eigenvalue weighted by Crippen LogP contribution is -2.64. The molecule has 0 aromatic carbocycles. The zero-order chi connectivity index (χ0) is 36.5. The van der Waals surface area contributed by atoms with E-state index in [4.69, 9.17) is 18.5 Å². The molecule has 0 amide bonds. The normalized spacial score (nSPS) is 24.2. The largest absolute Gasteiger partial charge is 0.472 e. The molecule has 49 heavy (non-hydrogen) atoms. The fourth-order valence-corrected chi connectivity index (χ4v) is 6.59. The monoisotopic (exact) mass is 726 g/mol. The molecular formula is C34H63O14P. The van der Waals surface area contributed by atoms with Gasteiger partial charge in [0, 0.05) is 19.3 Å². The second-order valence-electron chi connectivity index (χ2n) is 13.0. The summed E-state index contributed by atoms with van der Waals surface area (Å²) in [4.78, 5) is 45.6. The van der Waals surface area contributed by atoms with Crippen LogP contribution in [0.2, 0.25) is 0 Å². The molecule has 0 aromatic rings. The van der Waals surface area contributed by atoms with Crippen molar-refractivity contribution in [3.8, 4) is 0 Å². The van der Waals surface area contributed by atoms with Gasteiger partial charge in [0.05, 0.1) is 6.61 Å². The molecule has 0 heterocycles. The Bertz CT molecular complexity index is 921. The number of aliphatic hydroxyl groups is 5. The van der Waals surface area contributed by atoms with Crippen molar-refractivity contribution in [3.05, 3.63) is 0 Å². The number of hydrogen-bond donors (Lipinski definition) is 6. The quantitative estimate of drug-likeness (QED) is 0.0264. The van der Waals surface area contributed by atoms with Crippen molar-refractivity contribution in [1.82, 2.24) is 0 Å². The lowest BCUT2D eigenvalue weighted by atomic mass is 9.85. The molecule has 0 radical (unpaired) electrons. The highest BCUT2D eigenvalue weighted by atomic mass is 31.2. The summed E-state index contributed by atoms with van der Waals surface area (Å²) in [7, 11) is -5.12. The Balaban J connectivity index is 2.52. The summed E-state index contributed by atoms with van der Waals surface area (Å²) >= 11 is 0. The average molecular weight is 727 g/mol. The van der Waals surface area contributed by atoms with Crippen molar-refractivity contribution in [1.29, 1.82) is 0 Å². The van der Waals surface area contributed by atoms with Crippen LogP contribution in [0, 0.1) is 0 Å². The van der Waals surface area contributed by atoms with Crippen molar-refractivity contribution in [3.63, 3.8) is 0 Å².